The highest BCUT2D eigenvalue weighted by atomic mass is 35.5. The molecule has 0 aromatic heterocycles. The molecule has 6 heteroatoms. The topological polar surface area (TPSA) is 70.2 Å². The van der Waals surface area contributed by atoms with Crippen molar-refractivity contribution in [2.24, 2.45) is 17.8 Å². The minimum Gasteiger partial charge on any atom is -0.356 e. The zero-order chi connectivity index (χ0) is 15.8. The molecule has 0 aromatic rings. The van der Waals surface area contributed by atoms with Gasteiger partial charge in [-0.25, -0.2) is 0 Å². The van der Waals surface area contributed by atoms with Gasteiger partial charge in [-0.1, -0.05) is 13.3 Å². The number of piperidine rings is 1. The van der Waals surface area contributed by atoms with Gasteiger partial charge in [0.1, 0.15) is 0 Å². The number of rotatable bonds is 8. The normalized spacial score (nSPS) is 22.4. The number of nitrogens with one attached hydrogen (secondary N) is 3. The molecule has 1 heterocycles. The van der Waals surface area contributed by atoms with Crippen LogP contribution < -0.4 is 16.0 Å². The largest absolute Gasteiger partial charge is 0.356 e. The fraction of sp³-hybridized carbons (Fsp3) is 0.882. The van der Waals surface area contributed by atoms with Crippen molar-refractivity contribution in [1.29, 1.82) is 0 Å². The van der Waals surface area contributed by atoms with Crippen LogP contribution in [0.15, 0.2) is 0 Å². The van der Waals surface area contributed by atoms with Crippen molar-refractivity contribution < 1.29 is 9.59 Å². The predicted octanol–water partition coefficient (Wildman–Crippen LogP) is 1.86. The highest BCUT2D eigenvalue weighted by Crippen LogP contribution is 2.26. The maximum Gasteiger partial charge on any atom is 0.223 e. The average molecular weight is 346 g/mol. The maximum absolute atomic E-state index is 11.9. The second-order valence-corrected chi connectivity index (χ2v) is 6.91. The molecule has 0 aromatic carbocycles. The van der Waals surface area contributed by atoms with Gasteiger partial charge in [-0.05, 0) is 57.0 Å². The van der Waals surface area contributed by atoms with Crippen LogP contribution in [0.1, 0.15) is 51.9 Å². The molecule has 23 heavy (non-hydrogen) atoms. The molecule has 2 unspecified atom stereocenters. The molecule has 2 fully saturated rings. The lowest BCUT2D eigenvalue weighted by molar-refractivity contribution is -0.127. The van der Waals surface area contributed by atoms with Gasteiger partial charge >= 0.3 is 0 Å². The number of hydrogen-bond acceptors (Lipinski definition) is 3. The van der Waals surface area contributed by atoms with Crippen molar-refractivity contribution in [1.82, 2.24) is 16.0 Å². The number of carbonyl (C=O) groups is 2. The number of hydrogen-bond donors (Lipinski definition) is 3. The first-order valence-corrected chi connectivity index (χ1v) is 8.92. The summed E-state index contributed by atoms with van der Waals surface area (Å²) in [5.74, 6) is 1.64. The van der Waals surface area contributed by atoms with Gasteiger partial charge < -0.3 is 16.0 Å². The van der Waals surface area contributed by atoms with E-state index in [0.717, 1.165) is 32.4 Å². The lowest BCUT2D eigenvalue weighted by atomic mass is 9.85. The Morgan fingerprint density at radius 3 is 2.48 bits per heavy atom. The molecule has 134 valence electrons. The highest BCUT2D eigenvalue weighted by molar-refractivity contribution is 5.85. The van der Waals surface area contributed by atoms with Gasteiger partial charge in [0.15, 0.2) is 0 Å². The van der Waals surface area contributed by atoms with Gasteiger partial charge in [0.05, 0.1) is 0 Å². The van der Waals surface area contributed by atoms with E-state index < -0.39 is 0 Å². The maximum atomic E-state index is 11.9. The molecule has 3 N–H and O–H groups in total. The van der Waals surface area contributed by atoms with Crippen LogP contribution in [0, 0.1) is 17.8 Å². The third-order valence-corrected chi connectivity index (χ3v) is 5.10. The van der Waals surface area contributed by atoms with E-state index in [-0.39, 0.29) is 30.1 Å². The summed E-state index contributed by atoms with van der Waals surface area (Å²) in [6, 6.07) is 0. The van der Waals surface area contributed by atoms with E-state index in [4.69, 9.17) is 0 Å². The van der Waals surface area contributed by atoms with E-state index >= 15 is 0 Å². The van der Waals surface area contributed by atoms with E-state index in [1.807, 2.05) is 0 Å². The molecule has 1 saturated heterocycles. The molecule has 0 spiro atoms. The summed E-state index contributed by atoms with van der Waals surface area (Å²) in [6.45, 7) is 5.65. The Kier molecular flexibility index (Phi) is 9.56. The zero-order valence-electron chi connectivity index (χ0n) is 14.2. The van der Waals surface area contributed by atoms with Crippen LogP contribution in [-0.2, 0) is 9.59 Å². The smallest absolute Gasteiger partial charge is 0.223 e. The fourth-order valence-electron chi connectivity index (χ4n) is 3.24. The second kappa shape index (κ2) is 10.9. The fourth-order valence-corrected chi connectivity index (χ4v) is 3.24. The van der Waals surface area contributed by atoms with Crippen LogP contribution in [0.2, 0.25) is 0 Å². The minimum atomic E-state index is 0. The van der Waals surface area contributed by atoms with E-state index in [0.29, 0.717) is 31.3 Å². The Balaban J connectivity index is 0.00000264. The van der Waals surface area contributed by atoms with Gasteiger partial charge in [-0.3, -0.25) is 9.59 Å². The van der Waals surface area contributed by atoms with Crippen molar-refractivity contribution in [3.63, 3.8) is 0 Å². The lowest BCUT2D eigenvalue weighted by Crippen LogP contribution is -2.37. The summed E-state index contributed by atoms with van der Waals surface area (Å²) in [6.07, 6.45) is 7.13. The van der Waals surface area contributed by atoms with Crippen molar-refractivity contribution in [2.75, 3.05) is 26.2 Å². The lowest BCUT2D eigenvalue weighted by Gasteiger charge is -2.28. The van der Waals surface area contributed by atoms with Gasteiger partial charge in [0.2, 0.25) is 11.8 Å². The molecule has 0 radical (unpaired) electrons. The third-order valence-electron chi connectivity index (χ3n) is 5.10. The van der Waals surface area contributed by atoms with Crippen molar-refractivity contribution >= 4 is 24.2 Å². The van der Waals surface area contributed by atoms with Gasteiger partial charge in [0, 0.05) is 25.4 Å². The third kappa shape index (κ3) is 7.08. The van der Waals surface area contributed by atoms with Crippen molar-refractivity contribution in [3.05, 3.63) is 0 Å². The van der Waals surface area contributed by atoms with Crippen molar-refractivity contribution in [3.8, 4) is 0 Å². The minimum absolute atomic E-state index is 0. The van der Waals surface area contributed by atoms with Gasteiger partial charge in [-0.2, -0.15) is 0 Å². The Morgan fingerprint density at radius 2 is 1.87 bits per heavy atom. The predicted molar refractivity (Wildman–Crippen MR) is 94.6 cm³/mol. The molecule has 2 aliphatic rings. The number of amides is 2. The molecule has 0 bridgehead atoms. The first-order chi connectivity index (χ1) is 10.7. The van der Waals surface area contributed by atoms with Crippen LogP contribution >= 0.6 is 12.4 Å². The quantitative estimate of drug-likeness (QED) is 0.588. The second-order valence-electron chi connectivity index (χ2n) is 6.91. The summed E-state index contributed by atoms with van der Waals surface area (Å²) in [5, 5.41) is 9.33. The molecule has 1 saturated carbocycles. The number of carbonyl (C=O) groups excluding carboxylic acids is 2. The zero-order valence-corrected chi connectivity index (χ0v) is 15.1. The van der Waals surface area contributed by atoms with Crippen molar-refractivity contribution in [2.45, 2.75) is 51.9 Å². The monoisotopic (exact) mass is 345 g/mol. The molecule has 2 rings (SSSR count). The SMILES string of the molecule is CC(CC(=O)NCCCNC(=O)C1CCC1)C1CCCNC1.Cl. The number of halogens is 1. The molecular weight excluding hydrogens is 314 g/mol. The van der Waals surface area contributed by atoms with Gasteiger partial charge in [0.25, 0.3) is 0 Å². The van der Waals surface area contributed by atoms with E-state index in [2.05, 4.69) is 22.9 Å². The van der Waals surface area contributed by atoms with Gasteiger partial charge in [-0.15, -0.1) is 12.4 Å². The molecule has 2 atom stereocenters. The molecular formula is C17H32ClN3O2. The van der Waals surface area contributed by atoms with Crippen LogP contribution in [0.3, 0.4) is 0 Å². The van der Waals surface area contributed by atoms with E-state index in [1.165, 1.54) is 19.3 Å². The molecule has 1 aliphatic carbocycles. The molecule has 5 nitrogen and oxygen atoms in total. The van der Waals surface area contributed by atoms with E-state index in [1.54, 1.807) is 0 Å². The van der Waals surface area contributed by atoms with Crippen LogP contribution in [0.25, 0.3) is 0 Å². The Bertz CT molecular complexity index is 369. The summed E-state index contributed by atoms with van der Waals surface area (Å²) in [5.41, 5.74) is 0. The van der Waals surface area contributed by atoms with Crippen LogP contribution in [0.5, 0.6) is 0 Å². The molecule has 1 aliphatic heterocycles. The summed E-state index contributed by atoms with van der Waals surface area (Å²) in [4.78, 5) is 23.6. The summed E-state index contributed by atoms with van der Waals surface area (Å²) < 4.78 is 0. The molecule has 2 amide bonds. The average Bonchev–Trinajstić information content (AvgIpc) is 2.46. The highest BCUT2D eigenvalue weighted by Gasteiger charge is 2.24. The Labute approximate surface area is 146 Å². The summed E-state index contributed by atoms with van der Waals surface area (Å²) in [7, 11) is 0. The van der Waals surface area contributed by atoms with E-state index in [9.17, 15) is 9.59 Å². The standard InChI is InChI=1S/C17H31N3O2.ClH/c1-13(15-7-3-8-18-12-15)11-16(21)19-9-4-10-20-17(22)14-5-2-6-14;/h13-15,18H,2-12H2,1H3,(H,19,21)(H,20,22);1H. The first-order valence-electron chi connectivity index (χ1n) is 8.92. The Morgan fingerprint density at radius 1 is 1.13 bits per heavy atom. The Hall–Kier alpha value is -0.810. The van der Waals surface area contributed by atoms with Crippen LogP contribution in [-0.4, -0.2) is 38.0 Å². The summed E-state index contributed by atoms with van der Waals surface area (Å²) >= 11 is 0. The van der Waals surface area contributed by atoms with Crippen LogP contribution in [0.4, 0.5) is 0 Å². The first kappa shape index (κ1) is 20.2.